The van der Waals surface area contributed by atoms with Gasteiger partial charge in [0, 0.05) is 4.47 Å². The summed E-state index contributed by atoms with van der Waals surface area (Å²) in [6.07, 6.45) is -4.40. The zero-order valence-electron chi connectivity index (χ0n) is 9.89. The van der Waals surface area contributed by atoms with Crippen LogP contribution in [0.4, 0.5) is 17.6 Å². The third-order valence-corrected chi connectivity index (χ3v) is 3.94. The lowest BCUT2D eigenvalue weighted by Crippen LogP contribution is -2.05. The van der Waals surface area contributed by atoms with Crippen LogP contribution in [0.1, 0.15) is 22.1 Å². The van der Waals surface area contributed by atoms with Gasteiger partial charge in [0.05, 0.1) is 10.9 Å². The molecule has 6 heteroatoms. The van der Waals surface area contributed by atoms with E-state index in [0.29, 0.717) is 11.1 Å². The van der Waals surface area contributed by atoms with E-state index in [4.69, 9.17) is 11.6 Å². The van der Waals surface area contributed by atoms with Crippen molar-refractivity contribution in [2.75, 3.05) is 0 Å². The van der Waals surface area contributed by atoms with Gasteiger partial charge in [-0.1, -0.05) is 34.1 Å². The van der Waals surface area contributed by atoms with Crippen LogP contribution in [0.25, 0.3) is 0 Å². The molecule has 2 aromatic carbocycles. The minimum absolute atomic E-state index is 0.261. The number of halogens is 6. The molecule has 0 fully saturated rings. The molecule has 0 aliphatic rings. The fraction of sp³-hybridized carbons (Fsp3) is 0.143. The van der Waals surface area contributed by atoms with Crippen molar-refractivity contribution < 1.29 is 17.6 Å². The van der Waals surface area contributed by atoms with E-state index in [2.05, 4.69) is 15.9 Å². The number of alkyl halides is 4. The van der Waals surface area contributed by atoms with Gasteiger partial charge in [0.25, 0.3) is 0 Å². The quantitative estimate of drug-likeness (QED) is 0.455. The van der Waals surface area contributed by atoms with Crippen molar-refractivity contribution in [3.05, 3.63) is 69.4 Å². The highest BCUT2D eigenvalue weighted by atomic mass is 79.9. The Morgan fingerprint density at radius 3 is 2.10 bits per heavy atom. The van der Waals surface area contributed by atoms with Crippen molar-refractivity contribution in [1.82, 2.24) is 0 Å². The van der Waals surface area contributed by atoms with Gasteiger partial charge in [0.1, 0.15) is 5.82 Å². The molecule has 0 aromatic heterocycles. The first-order valence-electron chi connectivity index (χ1n) is 5.55. The summed E-state index contributed by atoms with van der Waals surface area (Å²) in [5.41, 5.74) is 0.343. The maximum atomic E-state index is 12.8. The van der Waals surface area contributed by atoms with Crippen LogP contribution < -0.4 is 0 Å². The van der Waals surface area contributed by atoms with Gasteiger partial charge < -0.3 is 0 Å². The Balaban J connectivity index is 2.36. The highest BCUT2D eigenvalue weighted by molar-refractivity contribution is 9.10. The Morgan fingerprint density at radius 1 is 1.00 bits per heavy atom. The number of hydrogen-bond donors (Lipinski definition) is 0. The van der Waals surface area contributed by atoms with E-state index in [1.165, 1.54) is 30.3 Å². The first kappa shape index (κ1) is 15.3. The molecule has 1 atom stereocenters. The van der Waals surface area contributed by atoms with Crippen molar-refractivity contribution in [2.45, 2.75) is 11.6 Å². The Bertz CT molecular complexity index is 608. The van der Waals surface area contributed by atoms with Crippen molar-refractivity contribution in [1.29, 1.82) is 0 Å². The summed E-state index contributed by atoms with van der Waals surface area (Å²) in [7, 11) is 0. The van der Waals surface area contributed by atoms with Crippen LogP contribution in [0.15, 0.2) is 46.9 Å². The molecular formula is C14H8BrClF4. The molecule has 0 saturated heterocycles. The molecule has 0 saturated carbocycles. The summed E-state index contributed by atoms with van der Waals surface area (Å²) in [5.74, 6) is -0.399. The summed E-state index contributed by atoms with van der Waals surface area (Å²) in [5, 5.41) is -0.660. The SMILES string of the molecule is Fc1ccc([C@H](Cl)c2ccc(C(F)(F)F)cc2Br)cc1. The highest BCUT2D eigenvalue weighted by Gasteiger charge is 2.31. The van der Waals surface area contributed by atoms with Gasteiger partial charge in [-0.3, -0.25) is 0 Å². The Hall–Kier alpha value is -1.07. The van der Waals surface area contributed by atoms with Gasteiger partial charge in [0.2, 0.25) is 0 Å². The third-order valence-electron chi connectivity index (χ3n) is 2.76. The van der Waals surface area contributed by atoms with Crippen molar-refractivity contribution >= 4 is 27.5 Å². The van der Waals surface area contributed by atoms with Crippen LogP contribution in [0.5, 0.6) is 0 Å². The maximum Gasteiger partial charge on any atom is 0.416 e. The molecule has 0 heterocycles. The van der Waals surface area contributed by atoms with Crippen molar-refractivity contribution in [3.63, 3.8) is 0 Å². The Kier molecular flexibility index (Phi) is 4.39. The van der Waals surface area contributed by atoms with Gasteiger partial charge in [-0.25, -0.2) is 4.39 Å². The second-order valence-corrected chi connectivity index (χ2v) is 5.44. The zero-order chi connectivity index (χ0) is 14.9. The average Bonchev–Trinajstić information content (AvgIpc) is 2.37. The smallest absolute Gasteiger partial charge is 0.207 e. The molecule has 0 aliphatic heterocycles. The van der Waals surface area contributed by atoms with Crippen LogP contribution in [0, 0.1) is 5.82 Å². The number of rotatable bonds is 2. The van der Waals surface area contributed by atoms with E-state index in [1.807, 2.05) is 0 Å². The van der Waals surface area contributed by atoms with Crippen molar-refractivity contribution in [2.24, 2.45) is 0 Å². The molecule has 0 unspecified atom stereocenters. The van der Waals surface area contributed by atoms with Crippen LogP contribution in [-0.4, -0.2) is 0 Å². The standard InChI is InChI=1S/C14H8BrClF4/c15-12-7-9(14(18,19)20)3-6-11(12)13(16)8-1-4-10(17)5-2-8/h1-7,13H/t13-/m0/s1. The van der Waals surface area contributed by atoms with Crippen LogP contribution in [0.2, 0.25) is 0 Å². The van der Waals surface area contributed by atoms with Crippen molar-refractivity contribution in [3.8, 4) is 0 Å². The second-order valence-electron chi connectivity index (χ2n) is 4.15. The molecule has 0 amide bonds. The lowest BCUT2D eigenvalue weighted by Gasteiger charge is -2.14. The van der Waals surface area contributed by atoms with E-state index in [-0.39, 0.29) is 4.47 Å². The van der Waals surface area contributed by atoms with Gasteiger partial charge in [-0.15, -0.1) is 11.6 Å². The van der Waals surface area contributed by atoms with E-state index >= 15 is 0 Å². The predicted octanol–water partition coefficient (Wildman–Crippen LogP) is 5.94. The number of hydrogen-bond acceptors (Lipinski definition) is 0. The van der Waals surface area contributed by atoms with Crippen LogP contribution >= 0.6 is 27.5 Å². The first-order chi connectivity index (χ1) is 9.29. The minimum atomic E-state index is -4.40. The highest BCUT2D eigenvalue weighted by Crippen LogP contribution is 2.37. The maximum absolute atomic E-state index is 12.8. The summed E-state index contributed by atoms with van der Waals surface area (Å²) in [4.78, 5) is 0. The van der Waals surface area contributed by atoms with Crippen LogP contribution in [-0.2, 0) is 6.18 Å². The fourth-order valence-corrected chi connectivity index (χ4v) is 2.80. The lowest BCUT2D eigenvalue weighted by molar-refractivity contribution is -0.137. The van der Waals surface area contributed by atoms with Gasteiger partial charge in [-0.2, -0.15) is 13.2 Å². The van der Waals surface area contributed by atoms with Crippen LogP contribution in [0.3, 0.4) is 0 Å². The molecule has 0 aliphatic carbocycles. The molecule has 0 bridgehead atoms. The summed E-state index contributed by atoms with van der Waals surface area (Å²) in [6.45, 7) is 0. The summed E-state index contributed by atoms with van der Waals surface area (Å²) < 4.78 is 50.8. The molecule has 2 rings (SSSR count). The molecule has 0 spiro atoms. The summed E-state index contributed by atoms with van der Waals surface area (Å²) >= 11 is 9.32. The van der Waals surface area contributed by atoms with Gasteiger partial charge in [0.15, 0.2) is 0 Å². The summed E-state index contributed by atoms with van der Waals surface area (Å²) in [6, 6.07) is 8.76. The van der Waals surface area contributed by atoms with E-state index < -0.39 is 22.9 Å². The van der Waals surface area contributed by atoms with E-state index in [9.17, 15) is 17.6 Å². The minimum Gasteiger partial charge on any atom is -0.207 e. The van der Waals surface area contributed by atoms with Gasteiger partial charge in [-0.05, 0) is 35.4 Å². The Morgan fingerprint density at radius 2 is 1.60 bits per heavy atom. The Labute approximate surface area is 126 Å². The second kappa shape index (κ2) is 5.74. The first-order valence-corrected chi connectivity index (χ1v) is 6.78. The van der Waals surface area contributed by atoms with E-state index in [1.54, 1.807) is 0 Å². The third kappa shape index (κ3) is 3.33. The topological polar surface area (TPSA) is 0 Å². The molecule has 0 nitrogen and oxygen atoms in total. The zero-order valence-corrected chi connectivity index (χ0v) is 12.2. The molecule has 0 radical (unpaired) electrons. The number of benzene rings is 2. The fourth-order valence-electron chi connectivity index (χ4n) is 1.72. The van der Waals surface area contributed by atoms with E-state index in [0.717, 1.165) is 12.1 Å². The normalized spacial score (nSPS) is 13.3. The molecule has 106 valence electrons. The molecule has 20 heavy (non-hydrogen) atoms. The monoisotopic (exact) mass is 366 g/mol. The molecule has 0 N–H and O–H groups in total. The molecule has 2 aromatic rings. The average molecular weight is 368 g/mol. The lowest BCUT2D eigenvalue weighted by atomic mass is 10.0. The molecular weight excluding hydrogens is 360 g/mol. The van der Waals surface area contributed by atoms with Gasteiger partial charge >= 0.3 is 6.18 Å². The largest absolute Gasteiger partial charge is 0.416 e. The predicted molar refractivity (Wildman–Crippen MR) is 73.2 cm³/mol.